The number of carbonyl (C=O) groups is 2. The van der Waals surface area contributed by atoms with E-state index in [0.29, 0.717) is 13.1 Å². The normalized spacial score (nSPS) is 17.9. The Hall–Kier alpha value is -1.10. The highest BCUT2D eigenvalue weighted by Gasteiger charge is 2.48. The first-order valence-electron chi connectivity index (χ1n) is 4.37. The molecule has 0 aromatic carbocycles. The van der Waals surface area contributed by atoms with E-state index in [1.807, 2.05) is 0 Å². The van der Waals surface area contributed by atoms with Crippen molar-refractivity contribution in [3.8, 4) is 0 Å². The molecule has 5 N–H and O–H groups in total. The highest BCUT2D eigenvalue weighted by molar-refractivity contribution is 5.86. The summed E-state index contributed by atoms with van der Waals surface area (Å²) in [6.07, 6.45) is 1.89. The summed E-state index contributed by atoms with van der Waals surface area (Å²) < 4.78 is 0. The van der Waals surface area contributed by atoms with E-state index in [0.717, 1.165) is 12.8 Å². The van der Waals surface area contributed by atoms with Crippen molar-refractivity contribution in [2.45, 2.75) is 19.3 Å². The maximum atomic E-state index is 11.4. The van der Waals surface area contributed by atoms with Crippen molar-refractivity contribution >= 4 is 11.8 Å². The summed E-state index contributed by atoms with van der Waals surface area (Å²) in [6, 6.07) is 0. The van der Waals surface area contributed by atoms with Gasteiger partial charge in [0.05, 0.1) is 5.41 Å². The third-order valence-electron chi connectivity index (χ3n) is 2.38. The van der Waals surface area contributed by atoms with Gasteiger partial charge in [-0.05, 0) is 12.8 Å². The molecule has 0 aromatic rings. The van der Waals surface area contributed by atoms with Crippen LogP contribution in [0.1, 0.15) is 19.3 Å². The molecule has 0 aliphatic heterocycles. The average Bonchev–Trinajstić information content (AvgIpc) is 2.83. The van der Waals surface area contributed by atoms with Gasteiger partial charge in [-0.25, -0.2) is 0 Å². The molecule has 2 amide bonds. The van der Waals surface area contributed by atoms with Crippen molar-refractivity contribution in [2.24, 2.45) is 16.9 Å². The Balaban J connectivity index is 2.22. The van der Waals surface area contributed by atoms with Gasteiger partial charge in [-0.15, -0.1) is 0 Å². The Bertz CT molecular complexity index is 223. The van der Waals surface area contributed by atoms with Crippen molar-refractivity contribution in [3.05, 3.63) is 0 Å². The number of primary amides is 1. The monoisotopic (exact) mass is 185 g/mol. The fourth-order valence-corrected chi connectivity index (χ4v) is 1.16. The molecule has 0 aromatic heterocycles. The standard InChI is InChI=1S/C8H15N3O2/c9-5-8(2-3-8)7(13)11-4-1-6(10)12/h1-5,9H2,(H2,10,12)(H,11,13). The molecule has 1 aliphatic rings. The largest absolute Gasteiger partial charge is 0.370 e. The lowest BCUT2D eigenvalue weighted by molar-refractivity contribution is -0.126. The molecule has 0 spiro atoms. The number of carbonyl (C=O) groups excluding carboxylic acids is 2. The van der Waals surface area contributed by atoms with Gasteiger partial charge in [-0.1, -0.05) is 0 Å². The third kappa shape index (κ3) is 2.42. The number of rotatable bonds is 5. The van der Waals surface area contributed by atoms with Crippen molar-refractivity contribution in [1.82, 2.24) is 5.32 Å². The summed E-state index contributed by atoms with van der Waals surface area (Å²) in [5.74, 6) is -0.450. The van der Waals surface area contributed by atoms with Crippen molar-refractivity contribution < 1.29 is 9.59 Å². The van der Waals surface area contributed by atoms with Gasteiger partial charge in [-0.2, -0.15) is 0 Å². The number of nitrogens with two attached hydrogens (primary N) is 2. The van der Waals surface area contributed by atoms with Crippen LogP contribution in [0.3, 0.4) is 0 Å². The van der Waals surface area contributed by atoms with Gasteiger partial charge >= 0.3 is 0 Å². The van der Waals surface area contributed by atoms with E-state index in [4.69, 9.17) is 11.5 Å². The Labute approximate surface area is 76.8 Å². The molecule has 1 saturated carbocycles. The maximum absolute atomic E-state index is 11.4. The van der Waals surface area contributed by atoms with Crippen LogP contribution in [0.4, 0.5) is 0 Å². The van der Waals surface area contributed by atoms with Gasteiger partial charge in [0.25, 0.3) is 0 Å². The first kappa shape index (κ1) is 9.98. The van der Waals surface area contributed by atoms with Crippen LogP contribution in [0.2, 0.25) is 0 Å². The van der Waals surface area contributed by atoms with E-state index in [1.54, 1.807) is 0 Å². The maximum Gasteiger partial charge on any atom is 0.227 e. The van der Waals surface area contributed by atoms with Gasteiger partial charge < -0.3 is 16.8 Å². The van der Waals surface area contributed by atoms with Crippen molar-refractivity contribution in [1.29, 1.82) is 0 Å². The molecule has 74 valence electrons. The zero-order valence-corrected chi connectivity index (χ0v) is 7.51. The van der Waals surface area contributed by atoms with Gasteiger partial charge in [0.15, 0.2) is 0 Å². The van der Waals surface area contributed by atoms with Crippen LogP contribution in [0, 0.1) is 5.41 Å². The van der Waals surface area contributed by atoms with Crippen LogP contribution >= 0.6 is 0 Å². The zero-order valence-electron chi connectivity index (χ0n) is 7.51. The lowest BCUT2D eigenvalue weighted by Crippen LogP contribution is -2.38. The Morgan fingerprint density at radius 3 is 2.38 bits per heavy atom. The van der Waals surface area contributed by atoms with E-state index in [1.165, 1.54) is 0 Å². The molecule has 0 radical (unpaired) electrons. The van der Waals surface area contributed by atoms with Gasteiger partial charge in [0, 0.05) is 19.5 Å². The molecule has 1 rings (SSSR count). The van der Waals surface area contributed by atoms with Crippen LogP contribution in [-0.4, -0.2) is 24.9 Å². The Morgan fingerprint density at radius 2 is 2.00 bits per heavy atom. The third-order valence-corrected chi connectivity index (χ3v) is 2.38. The van der Waals surface area contributed by atoms with Crippen molar-refractivity contribution in [2.75, 3.05) is 13.1 Å². The topological polar surface area (TPSA) is 98.2 Å². The number of amides is 2. The second-order valence-electron chi connectivity index (χ2n) is 3.46. The van der Waals surface area contributed by atoms with Crippen molar-refractivity contribution in [3.63, 3.8) is 0 Å². The molecular formula is C8H15N3O2. The lowest BCUT2D eigenvalue weighted by atomic mass is 10.1. The summed E-state index contributed by atoms with van der Waals surface area (Å²) in [6.45, 7) is 0.700. The molecule has 5 nitrogen and oxygen atoms in total. The minimum atomic E-state index is -0.405. The van der Waals surface area contributed by atoms with Crippen LogP contribution in [0.25, 0.3) is 0 Å². The molecule has 1 aliphatic carbocycles. The fraction of sp³-hybridized carbons (Fsp3) is 0.750. The van der Waals surface area contributed by atoms with E-state index >= 15 is 0 Å². The van der Waals surface area contributed by atoms with Gasteiger partial charge in [0.2, 0.25) is 11.8 Å². The van der Waals surface area contributed by atoms with E-state index in [9.17, 15) is 9.59 Å². The quantitative estimate of drug-likeness (QED) is 0.497. The van der Waals surface area contributed by atoms with Crippen LogP contribution in [0.15, 0.2) is 0 Å². The number of hydrogen-bond acceptors (Lipinski definition) is 3. The fourth-order valence-electron chi connectivity index (χ4n) is 1.16. The lowest BCUT2D eigenvalue weighted by Gasteiger charge is -2.11. The predicted octanol–water partition coefficient (Wildman–Crippen LogP) is -1.28. The minimum absolute atomic E-state index is 0.0451. The Kier molecular flexibility index (Phi) is 2.87. The predicted molar refractivity (Wildman–Crippen MR) is 47.5 cm³/mol. The molecular weight excluding hydrogens is 170 g/mol. The summed E-state index contributed by atoms with van der Waals surface area (Å²) in [5, 5.41) is 2.65. The summed E-state index contributed by atoms with van der Waals surface area (Å²) in [4.78, 5) is 21.8. The highest BCUT2D eigenvalue weighted by atomic mass is 16.2. The van der Waals surface area contributed by atoms with Crippen LogP contribution in [0.5, 0.6) is 0 Å². The second-order valence-corrected chi connectivity index (χ2v) is 3.46. The smallest absolute Gasteiger partial charge is 0.227 e. The highest BCUT2D eigenvalue weighted by Crippen LogP contribution is 2.44. The van der Waals surface area contributed by atoms with Gasteiger partial charge in [0.1, 0.15) is 0 Å². The molecule has 1 fully saturated rings. The molecule has 5 heteroatoms. The second kappa shape index (κ2) is 3.74. The summed E-state index contributed by atoms with van der Waals surface area (Å²) in [5.41, 5.74) is 10.0. The summed E-state index contributed by atoms with van der Waals surface area (Å²) in [7, 11) is 0. The zero-order chi connectivity index (χ0) is 9.90. The Morgan fingerprint density at radius 1 is 1.38 bits per heavy atom. The summed E-state index contributed by atoms with van der Waals surface area (Å²) >= 11 is 0. The SMILES string of the molecule is NCC1(C(=O)NCCC(N)=O)CC1. The number of hydrogen-bond donors (Lipinski definition) is 3. The molecule has 0 bridgehead atoms. The molecule has 0 atom stereocenters. The molecule has 13 heavy (non-hydrogen) atoms. The average molecular weight is 185 g/mol. The molecule has 0 saturated heterocycles. The number of nitrogens with one attached hydrogen (secondary N) is 1. The first-order valence-corrected chi connectivity index (χ1v) is 4.37. The van der Waals surface area contributed by atoms with Crippen LogP contribution < -0.4 is 16.8 Å². The van der Waals surface area contributed by atoms with Crippen LogP contribution in [-0.2, 0) is 9.59 Å². The minimum Gasteiger partial charge on any atom is -0.370 e. The molecule has 0 unspecified atom stereocenters. The van der Waals surface area contributed by atoms with Gasteiger partial charge in [-0.3, -0.25) is 9.59 Å². The molecule has 0 heterocycles. The van der Waals surface area contributed by atoms with E-state index < -0.39 is 5.91 Å². The van der Waals surface area contributed by atoms with E-state index in [2.05, 4.69) is 5.32 Å². The van der Waals surface area contributed by atoms with E-state index in [-0.39, 0.29) is 17.7 Å². The first-order chi connectivity index (χ1) is 6.10.